The molecule has 2 heterocycles. The van der Waals surface area contributed by atoms with Crippen LogP contribution in [0.25, 0.3) is 0 Å². The Morgan fingerprint density at radius 1 is 0.867 bits per heavy atom. The molecule has 0 aromatic heterocycles. The van der Waals surface area contributed by atoms with Crippen molar-refractivity contribution in [2.24, 2.45) is 0 Å². The van der Waals surface area contributed by atoms with E-state index < -0.39 is 0 Å². The van der Waals surface area contributed by atoms with E-state index in [9.17, 15) is 4.79 Å². The van der Waals surface area contributed by atoms with Gasteiger partial charge in [-0.05, 0) is 42.3 Å². The number of carbonyl (C=O) groups is 1. The third kappa shape index (κ3) is 5.54. The molecule has 2 fully saturated rings. The molecule has 2 aliphatic heterocycles. The number of anilines is 1. The quantitative estimate of drug-likeness (QED) is 0.734. The fraction of sp³-hybridized carbons (Fsp3) is 0.458. The second-order valence-electron chi connectivity index (χ2n) is 8.39. The molecule has 30 heavy (non-hydrogen) atoms. The molecule has 6 heteroatoms. The van der Waals surface area contributed by atoms with Gasteiger partial charge in [-0.2, -0.15) is 0 Å². The fourth-order valence-electron chi connectivity index (χ4n) is 4.28. The molecule has 0 atom stereocenters. The van der Waals surface area contributed by atoms with Gasteiger partial charge in [0.15, 0.2) is 0 Å². The fourth-order valence-corrected chi connectivity index (χ4v) is 4.41. The molecule has 2 aromatic rings. The lowest BCUT2D eigenvalue weighted by molar-refractivity contribution is -0.133. The highest BCUT2D eigenvalue weighted by Gasteiger charge is 2.25. The lowest BCUT2D eigenvalue weighted by Gasteiger charge is -2.38. The predicted octanol–water partition coefficient (Wildman–Crippen LogP) is 3.11. The molecule has 0 spiro atoms. The van der Waals surface area contributed by atoms with Crippen LogP contribution in [0.1, 0.15) is 11.1 Å². The number of halogens is 1. The van der Waals surface area contributed by atoms with Crippen molar-refractivity contribution in [3.63, 3.8) is 0 Å². The summed E-state index contributed by atoms with van der Waals surface area (Å²) in [5.74, 6) is 0.269. The molecular weight excluding hydrogens is 396 g/mol. The van der Waals surface area contributed by atoms with Gasteiger partial charge < -0.3 is 9.80 Å². The van der Waals surface area contributed by atoms with Crippen molar-refractivity contribution in [1.29, 1.82) is 0 Å². The first-order valence-corrected chi connectivity index (χ1v) is 11.2. The maximum absolute atomic E-state index is 12.8. The van der Waals surface area contributed by atoms with E-state index in [0.29, 0.717) is 6.54 Å². The smallest absolute Gasteiger partial charge is 0.236 e. The van der Waals surface area contributed by atoms with Crippen molar-refractivity contribution in [3.05, 3.63) is 64.7 Å². The van der Waals surface area contributed by atoms with E-state index in [1.807, 2.05) is 17.0 Å². The molecule has 5 nitrogen and oxygen atoms in total. The predicted molar refractivity (Wildman–Crippen MR) is 123 cm³/mol. The van der Waals surface area contributed by atoms with Crippen LogP contribution in [0, 0.1) is 6.92 Å². The highest BCUT2D eigenvalue weighted by atomic mass is 35.5. The molecule has 1 amide bonds. The Morgan fingerprint density at radius 3 is 2.20 bits per heavy atom. The van der Waals surface area contributed by atoms with Gasteiger partial charge >= 0.3 is 0 Å². The Balaban J connectivity index is 1.19. The molecule has 0 saturated carbocycles. The number of carbonyl (C=O) groups excluding carboxylic acids is 1. The number of piperazine rings is 2. The molecule has 2 saturated heterocycles. The number of hydrogen-bond donors (Lipinski definition) is 0. The molecule has 0 aliphatic carbocycles. The average Bonchev–Trinajstić information content (AvgIpc) is 2.77. The number of rotatable bonds is 5. The summed E-state index contributed by atoms with van der Waals surface area (Å²) >= 11 is 5.97. The summed E-state index contributed by atoms with van der Waals surface area (Å²) in [5.41, 5.74) is 3.83. The van der Waals surface area contributed by atoms with Gasteiger partial charge in [-0.3, -0.25) is 14.6 Å². The third-order valence-corrected chi connectivity index (χ3v) is 6.39. The summed E-state index contributed by atoms with van der Waals surface area (Å²) in [6, 6.07) is 16.7. The summed E-state index contributed by atoms with van der Waals surface area (Å²) in [7, 11) is 0. The number of aryl methyl sites for hydroxylation is 1. The van der Waals surface area contributed by atoms with E-state index in [0.717, 1.165) is 63.9 Å². The molecule has 4 rings (SSSR count). The van der Waals surface area contributed by atoms with Crippen LogP contribution in [0.2, 0.25) is 5.02 Å². The summed E-state index contributed by atoms with van der Waals surface area (Å²) in [5, 5.41) is 0.779. The van der Waals surface area contributed by atoms with Gasteiger partial charge in [0, 0.05) is 69.6 Å². The minimum atomic E-state index is 0.269. The van der Waals surface area contributed by atoms with Crippen LogP contribution in [0.15, 0.2) is 48.5 Å². The molecule has 160 valence electrons. The minimum Gasteiger partial charge on any atom is -0.368 e. The Morgan fingerprint density at radius 2 is 1.53 bits per heavy atom. The zero-order chi connectivity index (χ0) is 20.9. The second kappa shape index (κ2) is 9.82. The van der Waals surface area contributed by atoms with Crippen LogP contribution in [-0.4, -0.2) is 79.5 Å². The molecule has 2 aliphatic rings. The average molecular weight is 427 g/mol. The van der Waals surface area contributed by atoms with Gasteiger partial charge in [-0.15, -0.1) is 0 Å². The van der Waals surface area contributed by atoms with Crippen molar-refractivity contribution < 1.29 is 4.79 Å². The van der Waals surface area contributed by atoms with Gasteiger partial charge in [-0.25, -0.2) is 0 Å². The van der Waals surface area contributed by atoms with Gasteiger partial charge in [0.1, 0.15) is 0 Å². The van der Waals surface area contributed by atoms with Crippen LogP contribution in [0.4, 0.5) is 5.69 Å². The highest BCUT2D eigenvalue weighted by molar-refractivity contribution is 6.30. The van der Waals surface area contributed by atoms with Crippen molar-refractivity contribution >= 4 is 23.2 Å². The highest BCUT2D eigenvalue weighted by Crippen LogP contribution is 2.18. The normalized spacial score (nSPS) is 18.6. The van der Waals surface area contributed by atoms with E-state index in [1.54, 1.807) is 0 Å². The van der Waals surface area contributed by atoms with Crippen molar-refractivity contribution in [3.8, 4) is 0 Å². The Kier molecular flexibility index (Phi) is 6.93. The summed E-state index contributed by atoms with van der Waals surface area (Å²) < 4.78 is 0. The molecule has 2 aromatic carbocycles. The van der Waals surface area contributed by atoms with Crippen molar-refractivity contribution in [2.45, 2.75) is 13.5 Å². The van der Waals surface area contributed by atoms with E-state index in [2.05, 4.69) is 58.0 Å². The van der Waals surface area contributed by atoms with Gasteiger partial charge in [-0.1, -0.05) is 35.9 Å². The summed E-state index contributed by atoms with van der Waals surface area (Å²) in [6.45, 7) is 10.9. The van der Waals surface area contributed by atoms with Gasteiger partial charge in [0.2, 0.25) is 5.91 Å². The molecule has 0 N–H and O–H groups in total. The maximum Gasteiger partial charge on any atom is 0.236 e. The third-order valence-electron chi connectivity index (χ3n) is 6.14. The minimum absolute atomic E-state index is 0.269. The summed E-state index contributed by atoms with van der Waals surface area (Å²) in [4.78, 5) is 22.0. The van der Waals surface area contributed by atoms with Crippen LogP contribution in [0.5, 0.6) is 0 Å². The first-order valence-electron chi connectivity index (χ1n) is 10.9. The number of amides is 1. The lowest BCUT2D eigenvalue weighted by Crippen LogP contribution is -2.53. The van der Waals surface area contributed by atoms with E-state index in [1.165, 1.54) is 16.8 Å². The molecule has 0 bridgehead atoms. The van der Waals surface area contributed by atoms with Crippen LogP contribution < -0.4 is 4.90 Å². The molecule has 0 radical (unpaired) electrons. The van der Waals surface area contributed by atoms with Crippen molar-refractivity contribution in [2.75, 3.05) is 63.8 Å². The zero-order valence-corrected chi connectivity index (χ0v) is 18.5. The van der Waals surface area contributed by atoms with Gasteiger partial charge in [0.05, 0.1) is 6.54 Å². The van der Waals surface area contributed by atoms with E-state index in [-0.39, 0.29) is 5.91 Å². The van der Waals surface area contributed by atoms with Crippen LogP contribution in [0.3, 0.4) is 0 Å². The second-order valence-corrected chi connectivity index (χ2v) is 8.82. The Bertz CT molecular complexity index is 841. The first kappa shape index (κ1) is 21.2. The standard InChI is InChI=1S/C24H31ClN4O/c1-20-3-2-4-23(17-20)28-13-15-29(16-14-28)24(30)19-27-11-9-26(10-12-27)18-21-5-7-22(25)8-6-21/h2-8,17H,9-16,18-19H2,1H3. The Hall–Kier alpha value is -2.08. The van der Waals surface area contributed by atoms with Crippen LogP contribution >= 0.6 is 11.6 Å². The lowest BCUT2D eigenvalue weighted by atomic mass is 10.2. The Labute approximate surface area is 184 Å². The summed E-state index contributed by atoms with van der Waals surface area (Å²) in [6.07, 6.45) is 0. The van der Waals surface area contributed by atoms with Crippen molar-refractivity contribution in [1.82, 2.24) is 14.7 Å². The largest absolute Gasteiger partial charge is 0.368 e. The monoisotopic (exact) mass is 426 g/mol. The number of benzene rings is 2. The van der Waals surface area contributed by atoms with Crippen LogP contribution in [-0.2, 0) is 11.3 Å². The van der Waals surface area contributed by atoms with E-state index in [4.69, 9.17) is 11.6 Å². The molecular formula is C24H31ClN4O. The van der Waals surface area contributed by atoms with E-state index >= 15 is 0 Å². The topological polar surface area (TPSA) is 30.0 Å². The number of nitrogens with zero attached hydrogens (tertiary/aromatic N) is 4. The zero-order valence-electron chi connectivity index (χ0n) is 17.8. The molecule has 0 unspecified atom stereocenters. The van der Waals surface area contributed by atoms with Gasteiger partial charge in [0.25, 0.3) is 0 Å². The first-order chi connectivity index (χ1) is 14.6. The number of hydrogen-bond acceptors (Lipinski definition) is 4. The maximum atomic E-state index is 12.8. The SMILES string of the molecule is Cc1cccc(N2CCN(C(=O)CN3CCN(Cc4ccc(Cl)cc4)CC3)CC2)c1.